The van der Waals surface area contributed by atoms with Gasteiger partial charge in [-0.2, -0.15) is 0 Å². The Morgan fingerprint density at radius 1 is 1.04 bits per heavy atom. The molecule has 0 bridgehead atoms. The lowest BCUT2D eigenvalue weighted by Crippen LogP contribution is -2.35. The van der Waals surface area contributed by atoms with Gasteiger partial charge in [-0.15, -0.1) is 0 Å². The van der Waals surface area contributed by atoms with Gasteiger partial charge in [0.15, 0.2) is 0 Å². The molecule has 0 amide bonds. The van der Waals surface area contributed by atoms with Crippen LogP contribution < -0.4 is 4.74 Å². The molecule has 0 spiro atoms. The smallest absolute Gasteiger partial charge is 0.127 e. The van der Waals surface area contributed by atoms with Crippen molar-refractivity contribution in [3.05, 3.63) is 89.6 Å². The second-order valence-electron chi connectivity index (χ2n) is 6.62. The summed E-state index contributed by atoms with van der Waals surface area (Å²) in [5.41, 5.74) is 1.73. The Labute approximate surface area is 158 Å². The topological polar surface area (TPSA) is 45.8 Å². The van der Waals surface area contributed by atoms with Gasteiger partial charge in [-0.3, -0.25) is 4.90 Å². The number of aryl methyl sites for hydroxylation is 1. The minimum atomic E-state index is -0.715. The Balaban J connectivity index is 1.61. The third kappa shape index (κ3) is 5.94. The monoisotopic (exact) mass is 369 g/mol. The summed E-state index contributed by atoms with van der Waals surface area (Å²) in [5.74, 6) is 1.22. The van der Waals surface area contributed by atoms with Gasteiger partial charge in [0.2, 0.25) is 0 Å². The predicted molar refractivity (Wildman–Crippen MR) is 102 cm³/mol. The van der Waals surface area contributed by atoms with Gasteiger partial charge in [0.05, 0.1) is 12.8 Å². The molecule has 0 radical (unpaired) electrons. The molecular weight excluding hydrogens is 345 g/mol. The van der Waals surface area contributed by atoms with Crippen LogP contribution in [-0.4, -0.2) is 29.3 Å². The molecule has 1 N–H and O–H groups in total. The Bertz CT molecular complexity index is 818. The average Bonchev–Trinajstić information content (AvgIpc) is 3.16. The van der Waals surface area contributed by atoms with Crippen molar-refractivity contribution in [2.75, 3.05) is 13.2 Å². The molecule has 0 aliphatic heterocycles. The maximum atomic E-state index is 14.0. The van der Waals surface area contributed by atoms with Gasteiger partial charge in [0.25, 0.3) is 0 Å². The second-order valence-corrected chi connectivity index (χ2v) is 6.62. The Morgan fingerprint density at radius 2 is 1.81 bits per heavy atom. The highest BCUT2D eigenvalue weighted by Crippen LogP contribution is 2.15. The van der Waals surface area contributed by atoms with Crippen molar-refractivity contribution < 1.29 is 18.7 Å². The van der Waals surface area contributed by atoms with E-state index in [4.69, 9.17) is 9.15 Å². The summed E-state index contributed by atoms with van der Waals surface area (Å²) in [7, 11) is 0. The normalized spacial score (nSPS) is 12.3. The molecule has 27 heavy (non-hydrogen) atoms. The number of furan rings is 1. The molecule has 3 aromatic rings. The van der Waals surface area contributed by atoms with E-state index in [9.17, 15) is 9.50 Å². The number of hydrogen-bond donors (Lipinski definition) is 1. The van der Waals surface area contributed by atoms with Gasteiger partial charge in [-0.1, -0.05) is 35.9 Å². The van der Waals surface area contributed by atoms with Crippen molar-refractivity contribution in [3.8, 4) is 5.75 Å². The number of aliphatic hydroxyl groups is 1. The standard InChI is InChI=1S/C22H24FNO3/c1-17-8-10-20(11-9-17)27-16-19(25)14-24(15-21-6-4-12-26-21)13-18-5-2-3-7-22(18)23/h2-12,19,25H,13-16H2,1H3. The Kier molecular flexibility index (Phi) is 6.63. The molecular formula is C22H24FNO3. The first-order valence-electron chi connectivity index (χ1n) is 8.96. The van der Waals surface area contributed by atoms with E-state index < -0.39 is 6.10 Å². The first kappa shape index (κ1) is 19.1. The highest BCUT2D eigenvalue weighted by molar-refractivity contribution is 5.26. The number of aliphatic hydroxyl groups excluding tert-OH is 1. The minimum absolute atomic E-state index is 0.162. The molecule has 1 atom stereocenters. The van der Waals surface area contributed by atoms with Gasteiger partial charge in [-0.25, -0.2) is 4.39 Å². The number of halogens is 1. The maximum absolute atomic E-state index is 14.0. The van der Waals surface area contributed by atoms with E-state index in [0.29, 0.717) is 30.9 Å². The largest absolute Gasteiger partial charge is 0.491 e. The Hall–Kier alpha value is -2.63. The quantitative estimate of drug-likeness (QED) is 0.615. The maximum Gasteiger partial charge on any atom is 0.127 e. The van der Waals surface area contributed by atoms with E-state index >= 15 is 0 Å². The fourth-order valence-corrected chi connectivity index (χ4v) is 2.85. The number of ether oxygens (including phenoxy) is 1. The predicted octanol–water partition coefficient (Wildman–Crippen LogP) is 4.17. The lowest BCUT2D eigenvalue weighted by molar-refractivity contribution is 0.0600. The van der Waals surface area contributed by atoms with E-state index in [1.165, 1.54) is 6.07 Å². The summed E-state index contributed by atoms with van der Waals surface area (Å²) in [6.45, 7) is 3.35. The highest BCUT2D eigenvalue weighted by Gasteiger charge is 2.16. The SMILES string of the molecule is Cc1ccc(OCC(O)CN(Cc2ccco2)Cc2ccccc2F)cc1. The van der Waals surface area contributed by atoms with Crippen LogP contribution in [0.2, 0.25) is 0 Å². The fourth-order valence-electron chi connectivity index (χ4n) is 2.85. The van der Waals surface area contributed by atoms with Crippen molar-refractivity contribution in [2.24, 2.45) is 0 Å². The molecule has 0 saturated carbocycles. The van der Waals surface area contributed by atoms with Crippen molar-refractivity contribution in [3.63, 3.8) is 0 Å². The first-order chi connectivity index (χ1) is 13.1. The summed E-state index contributed by atoms with van der Waals surface area (Å²) < 4.78 is 25.1. The average molecular weight is 369 g/mol. The van der Waals surface area contributed by atoms with Crippen molar-refractivity contribution in [2.45, 2.75) is 26.1 Å². The van der Waals surface area contributed by atoms with Crippen LogP contribution in [0.25, 0.3) is 0 Å². The molecule has 4 nitrogen and oxygen atoms in total. The summed E-state index contributed by atoms with van der Waals surface area (Å²) in [4.78, 5) is 1.94. The zero-order valence-corrected chi connectivity index (χ0v) is 15.3. The third-order valence-electron chi connectivity index (χ3n) is 4.24. The van der Waals surface area contributed by atoms with E-state index in [2.05, 4.69) is 0 Å². The highest BCUT2D eigenvalue weighted by atomic mass is 19.1. The van der Waals surface area contributed by atoms with Gasteiger partial charge >= 0.3 is 0 Å². The van der Waals surface area contributed by atoms with Crippen molar-refractivity contribution in [1.29, 1.82) is 0 Å². The summed E-state index contributed by atoms with van der Waals surface area (Å²) in [6.07, 6.45) is 0.890. The van der Waals surface area contributed by atoms with Gasteiger partial charge < -0.3 is 14.3 Å². The van der Waals surface area contributed by atoms with Crippen LogP contribution in [0.4, 0.5) is 4.39 Å². The lowest BCUT2D eigenvalue weighted by atomic mass is 10.2. The van der Waals surface area contributed by atoms with Crippen LogP contribution in [-0.2, 0) is 13.1 Å². The van der Waals surface area contributed by atoms with Gasteiger partial charge in [-0.05, 0) is 37.3 Å². The number of hydrogen-bond acceptors (Lipinski definition) is 4. The van der Waals surface area contributed by atoms with Crippen LogP contribution in [0.3, 0.4) is 0 Å². The number of nitrogens with zero attached hydrogens (tertiary/aromatic N) is 1. The number of benzene rings is 2. The van der Waals surface area contributed by atoms with E-state index in [0.717, 1.165) is 11.3 Å². The van der Waals surface area contributed by atoms with Crippen LogP contribution in [0.15, 0.2) is 71.3 Å². The molecule has 1 heterocycles. The zero-order valence-electron chi connectivity index (χ0n) is 15.3. The van der Waals surface area contributed by atoms with Crippen LogP contribution in [0.1, 0.15) is 16.9 Å². The molecule has 142 valence electrons. The Morgan fingerprint density at radius 3 is 2.52 bits per heavy atom. The molecule has 3 rings (SSSR count). The molecule has 0 aliphatic rings. The van der Waals surface area contributed by atoms with Crippen LogP contribution in [0.5, 0.6) is 5.75 Å². The lowest BCUT2D eigenvalue weighted by Gasteiger charge is -2.24. The molecule has 0 saturated heterocycles. The molecule has 1 unspecified atom stereocenters. The van der Waals surface area contributed by atoms with E-state index in [1.54, 1.807) is 24.5 Å². The molecule has 0 fully saturated rings. The molecule has 2 aromatic carbocycles. The minimum Gasteiger partial charge on any atom is -0.491 e. The van der Waals surface area contributed by atoms with Crippen LogP contribution >= 0.6 is 0 Å². The van der Waals surface area contributed by atoms with Crippen molar-refractivity contribution >= 4 is 0 Å². The summed E-state index contributed by atoms with van der Waals surface area (Å²) >= 11 is 0. The fraction of sp³-hybridized carbons (Fsp3) is 0.273. The van der Waals surface area contributed by atoms with Crippen LogP contribution in [0, 0.1) is 12.7 Å². The third-order valence-corrected chi connectivity index (χ3v) is 4.24. The molecule has 0 aliphatic carbocycles. The summed E-state index contributed by atoms with van der Waals surface area (Å²) in [5, 5.41) is 10.4. The van der Waals surface area contributed by atoms with Gasteiger partial charge in [0, 0.05) is 18.7 Å². The molecule has 1 aromatic heterocycles. The second kappa shape index (κ2) is 9.35. The first-order valence-corrected chi connectivity index (χ1v) is 8.96. The van der Waals surface area contributed by atoms with E-state index in [-0.39, 0.29) is 12.4 Å². The molecule has 5 heteroatoms. The zero-order chi connectivity index (χ0) is 19.1. The number of rotatable bonds is 9. The van der Waals surface area contributed by atoms with Crippen molar-refractivity contribution in [1.82, 2.24) is 4.90 Å². The van der Waals surface area contributed by atoms with E-state index in [1.807, 2.05) is 48.2 Å². The van der Waals surface area contributed by atoms with Gasteiger partial charge in [0.1, 0.15) is 30.0 Å². The summed E-state index contributed by atoms with van der Waals surface area (Å²) in [6, 6.07) is 18.0.